The molecule has 1 saturated heterocycles. The largest absolute Gasteiger partial charge is 0.507 e. The summed E-state index contributed by atoms with van der Waals surface area (Å²) in [5.74, 6) is 0.633. The van der Waals surface area contributed by atoms with Crippen LogP contribution in [0.25, 0.3) is 10.9 Å². The summed E-state index contributed by atoms with van der Waals surface area (Å²) in [4.78, 5) is 17.6. The zero-order chi connectivity index (χ0) is 24.6. The van der Waals surface area contributed by atoms with Gasteiger partial charge in [0.1, 0.15) is 17.6 Å². The van der Waals surface area contributed by atoms with Crippen molar-refractivity contribution in [2.24, 2.45) is 0 Å². The van der Waals surface area contributed by atoms with Crippen molar-refractivity contribution < 1.29 is 14.6 Å². The minimum Gasteiger partial charge on any atom is -0.507 e. The van der Waals surface area contributed by atoms with Gasteiger partial charge in [0.15, 0.2) is 0 Å². The molecule has 2 aliphatic heterocycles. The second kappa shape index (κ2) is 9.32. The van der Waals surface area contributed by atoms with Crippen LogP contribution in [-0.2, 0) is 19.5 Å². The second-order valence-electron chi connectivity index (χ2n) is 9.96. The summed E-state index contributed by atoms with van der Waals surface area (Å²) in [6.45, 7) is 3.12. The number of aromatic hydroxyl groups is 1. The Morgan fingerprint density at radius 3 is 2.64 bits per heavy atom. The van der Waals surface area contributed by atoms with Crippen LogP contribution in [0.3, 0.4) is 0 Å². The van der Waals surface area contributed by atoms with E-state index < -0.39 is 0 Å². The van der Waals surface area contributed by atoms with E-state index in [1.807, 2.05) is 24.3 Å². The Labute approximate surface area is 210 Å². The molecule has 0 saturated carbocycles. The van der Waals surface area contributed by atoms with Gasteiger partial charge in [0, 0.05) is 49.7 Å². The molecule has 3 aromatic carbocycles. The normalized spacial score (nSPS) is 16.4. The van der Waals surface area contributed by atoms with Crippen molar-refractivity contribution in [1.29, 1.82) is 0 Å². The van der Waals surface area contributed by atoms with E-state index in [2.05, 4.69) is 46.4 Å². The minimum absolute atomic E-state index is 0.0486. The number of aromatic nitrogens is 2. The number of hydrogen-bond donors (Lipinski definition) is 2. The van der Waals surface area contributed by atoms with E-state index in [0.717, 1.165) is 59.5 Å². The number of phenols is 1. The number of nitrogens with zero attached hydrogens (tertiary/aromatic N) is 3. The highest BCUT2D eigenvalue weighted by atomic mass is 16.5. The lowest BCUT2D eigenvalue weighted by Gasteiger charge is -2.29. The summed E-state index contributed by atoms with van der Waals surface area (Å²) in [6.07, 6.45) is 2.97. The lowest BCUT2D eigenvalue weighted by Crippen LogP contribution is -2.35. The molecule has 1 amide bonds. The van der Waals surface area contributed by atoms with Crippen LogP contribution >= 0.6 is 0 Å². The molecule has 0 bridgehead atoms. The lowest BCUT2D eigenvalue weighted by molar-refractivity contribution is 0.0748. The van der Waals surface area contributed by atoms with Crippen molar-refractivity contribution in [3.8, 4) is 11.5 Å². The molecule has 7 heteroatoms. The molecule has 36 heavy (non-hydrogen) atoms. The van der Waals surface area contributed by atoms with E-state index in [0.29, 0.717) is 30.6 Å². The van der Waals surface area contributed by atoms with Gasteiger partial charge in [-0.15, -0.1) is 0 Å². The van der Waals surface area contributed by atoms with Gasteiger partial charge in [-0.25, -0.2) is 0 Å². The van der Waals surface area contributed by atoms with Crippen molar-refractivity contribution in [3.63, 3.8) is 0 Å². The van der Waals surface area contributed by atoms with Gasteiger partial charge in [-0.05, 0) is 54.8 Å². The summed E-state index contributed by atoms with van der Waals surface area (Å²) in [5.41, 5.74) is 5.24. The van der Waals surface area contributed by atoms with Gasteiger partial charge in [-0.2, -0.15) is 5.10 Å². The molecule has 184 valence electrons. The highest BCUT2D eigenvalue weighted by Gasteiger charge is 2.28. The maximum absolute atomic E-state index is 13.5. The average molecular weight is 483 g/mol. The fraction of sp³-hybridized carbons (Fsp3) is 0.310. The second-order valence-corrected chi connectivity index (χ2v) is 9.96. The van der Waals surface area contributed by atoms with E-state index in [4.69, 9.17) is 4.74 Å². The van der Waals surface area contributed by atoms with Crippen molar-refractivity contribution in [2.45, 2.75) is 38.5 Å². The maximum Gasteiger partial charge on any atom is 0.258 e. The molecule has 0 spiro atoms. The molecular formula is C29H30N4O3. The SMILES string of the molecule is CN1CCC(Oc2ccc3c(c2)CN(C(=O)c2cc4c(Cc5ccccc5)[nH]nc4cc2O)C3)CC1. The van der Waals surface area contributed by atoms with E-state index in [1.54, 1.807) is 17.0 Å². The molecule has 4 aromatic rings. The minimum atomic E-state index is -0.185. The van der Waals surface area contributed by atoms with Gasteiger partial charge in [0.25, 0.3) is 5.91 Å². The lowest BCUT2D eigenvalue weighted by atomic mass is 10.0. The number of hydrogen-bond acceptors (Lipinski definition) is 5. The molecule has 7 nitrogen and oxygen atoms in total. The number of benzene rings is 3. The number of carbonyl (C=O) groups excluding carboxylic acids is 1. The van der Waals surface area contributed by atoms with E-state index >= 15 is 0 Å². The first-order chi connectivity index (χ1) is 17.5. The van der Waals surface area contributed by atoms with E-state index in [9.17, 15) is 9.90 Å². The summed E-state index contributed by atoms with van der Waals surface area (Å²) in [5, 5.41) is 18.9. The monoisotopic (exact) mass is 482 g/mol. The van der Waals surface area contributed by atoms with Crippen LogP contribution in [-0.4, -0.2) is 57.3 Å². The fourth-order valence-electron chi connectivity index (χ4n) is 5.26. The molecule has 6 rings (SSSR count). The van der Waals surface area contributed by atoms with Crippen molar-refractivity contribution in [1.82, 2.24) is 20.0 Å². The quantitative estimate of drug-likeness (QED) is 0.438. The number of nitrogens with one attached hydrogen (secondary N) is 1. The zero-order valence-electron chi connectivity index (χ0n) is 20.4. The van der Waals surface area contributed by atoms with Gasteiger partial charge in [0.05, 0.1) is 11.1 Å². The summed E-state index contributed by atoms with van der Waals surface area (Å²) < 4.78 is 6.25. The Morgan fingerprint density at radius 2 is 1.83 bits per heavy atom. The Balaban J connectivity index is 1.20. The van der Waals surface area contributed by atoms with Crippen molar-refractivity contribution >= 4 is 16.8 Å². The zero-order valence-corrected chi connectivity index (χ0v) is 20.4. The predicted octanol–water partition coefficient (Wildman–Crippen LogP) is 4.49. The first-order valence-corrected chi connectivity index (χ1v) is 12.5. The molecular weight excluding hydrogens is 452 g/mol. The number of carbonyl (C=O) groups is 1. The van der Waals surface area contributed by atoms with Crippen LogP contribution in [0.4, 0.5) is 0 Å². The third-order valence-electron chi connectivity index (χ3n) is 7.36. The van der Waals surface area contributed by atoms with Crippen LogP contribution in [0.15, 0.2) is 60.7 Å². The van der Waals surface area contributed by atoms with Crippen molar-refractivity contribution in [3.05, 3.63) is 88.6 Å². The number of fused-ring (bicyclic) bond motifs is 2. The number of likely N-dealkylation sites (tertiary alicyclic amines) is 1. The van der Waals surface area contributed by atoms with Crippen LogP contribution in [0, 0.1) is 0 Å². The van der Waals surface area contributed by atoms with E-state index in [1.165, 1.54) is 0 Å². The number of H-pyrrole nitrogens is 1. The Hall–Kier alpha value is -3.84. The van der Waals surface area contributed by atoms with Gasteiger partial charge in [0.2, 0.25) is 0 Å². The number of ether oxygens (including phenoxy) is 1. The predicted molar refractivity (Wildman–Crippen MR) is 138 cm³/mol. The van der Waals surface area contributed by atoms with Crippen LogP contribution in [0.1, 0.15) is 45.6 Å². The van der Waals surface area contributed by atoms with Gasteiger partial charge < -0.3 is 19.6 Å². The number of phenolic OH excluding ortho intramolecular Hbond substituents is 1. The molecule has 2 N–H and O–H groups in total. The summed E-state index contributed by atoms with van der Waals surface area (Å²) in [6, 6.07) is 19.6. The molecule has 1 fully saturated rings. The molecule has 2 aliphatic rings. The maximum atomic E-state index is 13.5. The third-order valence-corrected chi connectivity index (χ3v) is 7.36. The Kier molecular flexibility index (Phi) is 5.85. The molecule has 0 aliphatic carbocycles. The first-order valence-electron chi connectivity index (χ1n) is 12.5. The third kappa shape index (κ3) is 4.42. The van der Waals surface area contributed by atoms with Gasteiger partial charge >= 0.3 is 0 Å². The molecule has 0 atom stereocenters. The Morgan fingerprint density at radius 1 is 1.06 bits per heavy atom. The van der Waals surface area contributed by atoms with Crippen LogP contribution < -0.4 is 4.74 Å². The van der Waals surface area contributed by atoms with Crippen molar-refractivity contribution in [2.75, 3.05) is 20.1 Å². The van der Waals surface area contributed by atoms with Gasteiger partial charge in [-0.3, -0.25) is 9.89 Å². The standard InChI is InChI=1S/C29H30N4O3/c1-32-11-9-22(10-12-32)36-23-8-7-20-17-33(18-21(20)14-23)29(35)25-15-24-26(13-19-5-3-2-4-6-19)30-31-27(24)16-28(25)34/h2-8,14-16,22,34H,9-13,17-18H2,1H3,(H,30,31). The number of rotatable bonds is 5. The van der Waals surface area contributed by atoms with E-state index in [-0.39, 0.29) is 17.8 Å². The molecule has 1 aromatic heterocycles. The van der Waals surface area contributed by atoms with Crippen LogP contribution in [0.5, 0.6) is 11.5 Å². The average Bonchev–Trinajstić information content (AvgIpc) is 3.48. The topological polar surface area (TPSA) is 81.7 Å². The number of piperidine rings is 1. The summed E-state index contributed by atoms with van der Waals surface area (Å²) >= 11 is 0. The highest BCUT2D eigenvalue weighted by Crippen LogP contribution is 2.33. The van der Waals surface area contributed by atoms with Gasteiger partial charge in [-0.1, -0.05) is 36.4 Å². The first kappa shape index (κ1) is 22.6. The highest BCUT2D eigenvalue weighted by molar-refractivity contribution is 6.01. The smallest absolute Gasteiger partial charge is 0.258 e. The number of aromatic amines is 1. The molecule has 0 radical (unpaired) electrons. The Bertz CT molecular complexity index is 1410. The summed E-state index contributed by atoms with van der Waals surface area (Å²) in [7, 11) is 2.14. The molecule has 0 unspecified atom stereocenters. The fourth-order valence-corrected chi connectivity index (χ4v) is 5.26. The number of amides is 1. The van der Waals surface area contributed by atoms with Crippen LogP contribution in [0.2, 0.25) is 0 Å². The molecule has 3 heterocycles.